The minimum atomic E-state index is 0.114. The van der Waals surface area contributed by atoms with Crippen molar-refractivity contribution in [3.8, 4) is 0 Å². The van der Waals surface area contributed by atoms with Gasteiger partial charge in [0.1, 0.15) is 0 Å². The van der Waals surface area contributed by atoms with Gasteiger partial charge in [0.05, 0.1) is 6.10 Å². The van der Waals surface area contributed by atoms with Crippen molar-refractivity contribution in [1.82, 2.24) is 0 Å². The molecule has 0 spiro atoms. The van der Waals surface area contributed by atoms with Gasteiger partial charge in [0.2, 0.25) is 0 Å². The van der Waals surface area contributed by atoms with Crippen LogP contribution in [-0.2, 0) is 0 Å². The van der Waals surface area contributed by atoms with Crippen molar-refractivity contribution < 1.29 is 5.11 Å². The Morgan fingerprint density at radius 3 is 2.15 bits per heavy atom. The van der Waals surface area contributed by atoms with E-state index in [9.17, 15) is 5.11 Å². The summed E-state index contributed by atoms with van der Waals surface area (Å²) in [6, 6.07) is 0. The molecule has 0 aromatic rings. The smallest absolute Gasteiger partial charge is 0.0577 e. The maximum absolute atomic E-state index is 9.97. The van der Waals surface area contributed by atoms with Gasteiger partial charge in [-0.05, 0) is 66.6 Å². The van der Waals surface area contributed by atoms with Crippen LogP contribution in [0.3, 0.4) is 0 Å². The lowest BCUT2D eigenvalue weighted by Crippen LogP contribution is -2.35. The molecular weight excluding hydrogens is 160 g/mol. The van der Waals surface area contributed by atoms with Gasteiger partial charge < -0.3 is 5.11 Å². The van der Waals surface area contributed by atoms with Crippen LogP contribution in [0.25, 0.3) is 0 Å². The van der Waals surface area contributed by atoms with Crippen molar-refractivity contribution in [3.63, 3.8) is 0 Å². The minimum absolute atomic E-state index is 0.114. The molecule has 0 radical (unpaired) electrons. The molecule has 6 rings (SSSR count). The van der Waals surface area contributed by atoms with Crippen molar-refractivity contribution in [2.45, 2.75) is 25.4 Å². The Labute approximate surface area is 78.5 Å². The molecule has 1 nitrogen and oxygen atoms in total. The molecular formula is C12H16O. The van der Waals surface area contributed by atoms with Gasteiger partial charge in [-0.1, -0.05) is 0 Å². The monoisotopic (exact) mass is 176 g/mol. The van der Waals surface area contributed by atoms with Gasteiger partial charge in [0, 0.05) is 0 Å². The van der Waals surface area contributed by atoms with Crippen molar-refractivity contribution in [1.29, 1.82) is 0 Å². The average molecular weight is 176 g/mol. The van der Waals surface area contributed by atoms with Gasteiger partial charge in [-0.25, -0.2) is 0 Å². The van der Waals surface area contributed by atoms with E-state index < -0.39 is 0 Å². The highest BCUT2D eigenvalue weighted by atomic mass is 16.3. The Kier molecular flexibility index (Phi) is 0.793. The van der Waals surface area contributed by atoms with E-state index in [-0.39, 0.29) is 6.10 Å². The van der Waals surface area contributed by atoms with Gasteiger partial charge in [0.15, 0.2) is 0 Å². The molecule has 0 aromatic heterocycles. The van der Waals surface area contributed by atoms with E-state index in [0.717, 1.165) is 47.3 Å². The third-order valence-electron chi connectivity index (χ3n) is 6.54. The molecule has 1 N–H and O–H groups in total. The summed E-state index contributed by atoms with van der Waals surface area (Å²) in [6.07, 6.45) is 4.36. The lowest BCUT2D eigenvalue weighted by molar-refractivity contribution is 0.0279. The molecule has 1 heteroatoms. The molecule has 6 fully saturated rings. The first kappa shape index (κ1) is 6.44. The largest absolute Gasteiger partial charge is 0.393 e. The molecule has 0 amide bonds. The molecule has 0 saturated heterocycles. The molecule has 6 aliphatic carbocycles. The molecule has 13 heavy (non-hydrogen) atoms. The van der Waals surface area contributed by atoms with Crippen LogP contribution in [0.1, 0.15) is 19.3 Å². The lowest BCUT2D eigenvalue weighted by atomic mass is 9.70. The molecule has 6 aliphatic rings. The van der Waals surface area contributed by atoms with E-state index >= 15 is 0 Å². The number of aliphatic hydroxyl groups excluding tert-OH is 1. The van der Waals surface area contributed by atoms with Crippen molar-refractivity contribution in [2.75, 3.05) is 0 Å². The summed E-state index contributed by atoms with van der Waals surface area (Å²) in [6.45, 7) is 0. The van der Waals surface area contributed by atoms with E-state index in [2.05, 4.69) is 0 Å². The first-order valence-electron chi connectivity index (χ1n) is 6.06. The van der Waals surface area contributed by atoms with Crippen LogP contribution in [0.2, 0.25) is 0 Å². The van der Waals surface area contributed by atoms with Gasteiger partial charge >= 0.3 is 0 Å². The van der Waals surface area contributed by atoms with Crippen LogP contribution in [0.4, 0.5) is 0 Å². The number of hydrogen-bond donors (Lipinski definition) is 1. The van der Waals surface area contributed by atoms with E-state index in [1.54, 1.807) is 6.42 Å². The summed E-state index contributed by atoms with van der Waals surface area (Å²) in [4.78, 5) is 0. The summed E-state index contributed by atoms with van der Waals surface area (Å²) < 4.78 is 0. The van der Waals surface area contributed by atoms with Gasteiger partial charge in [-0.2, -0.15) is 0 Å². The first-order valence-corrected chi connectivity index (χ1v) is 6.06. The van der Waals surface area contributed by atoms with Gasteiger partial charge in [-0.15, -0.1) is 0 Å². The topological polar surface area (TPSA) is 20.2 Å². The first-order chi connectivity index (χ1) is 6.38. The predicted molar refractivity (Wildman–Crippen MR) is 47.8 cm³/mol. The van der Waals surface area contributed by atoms with E-state index in [4.69, 9.17) is 0 Å². The zero-order chi connectivity index (χ0) is 8.32. The minimum Gasteiger partial charge on any atom is -0.393 e. The molecule has 6 saturated carbocycles. The third kappa shape index (κ3) is 0.423. The number of rotatable bonds is 0. The SMILES string of the molecule is O[C@H]1C[C@@H]2[C@@H]3[C@@H]4CC[C@@H]5[C@@H]4[C@@H]2[C@H]1[C@H]53. The summed E-state index contributed by atoms with van der Waals surface area (Å²) in [5, 5.41) is 9.97. The Morgan fingerprint density at radius 1 is 0.692 bits per heavy atom. The number of aliphatic hydroxyl groups is 1. The second-order valence-corrected chi connectivity index (χ2v) is 6.26. The Hall–Kier alpha value is -0.0400. The molecule has 0 aliphatic heterocycles. The number of hydrogen-bond acceptors (Lipinski definition) is 1. The summed E-state index contributed by atoms with van der Waals surface area (Å²) in [5.41, 5.74) is 0. The summed E-state index contributed by atoms with van der Waals surface area (Å²) >= 11 is 0. The second kappa shape index (κ2) is 1.60. The Balaban J connectivity index is 1.75. The lowest BCUT2D eigenvalue weighted by Gasteiger charge is -2.36. The summed E-state index contributed by atoms with van der Waals surface area (Å²) in [7, 11) is 0. The zero-order valence-electron chi connectivity index (χ0n) is 7.76. The highest BCUT2D eigenvalue weighted by molar-refractivity contribution is 5.26. The molecule has 0 unspecified atom stereocenters. The predicted octanol–water partition coefficient (Wildman–Crippen LogP) is 1.52. The maximum atomic E-state index is 9.97. The van der Waals surface area contributed by atoms with Crippen molar-refractivity contribution in [2.24, 2.45) is 47.3 Å². The standard InChI is InChI=1S/C12H16O/c13-7-3-6-9-4-1-2-5-8(4)11(6)12(7)10(5)9/h4-13H,1-3H2/t4-,5-,6-,7+,8-,9+,10-,11-,12-/m1/s1. The van der Waals surface area contributed by atoms with Gasteiger partial charge in [0.25, 0.3) is 0 Å². The van der Waals surface area contributed by atoms with Crippen LogP contribution in [-0.4, -0.2) is 11.2 Å². The quantitative estimate of drug-likeness (QED) is 0.593. The van der Waals surface area contributed by atoms with Gasteiger partial charge in [-0.3, -0.25) is 0 Å². The van der Waals surface area contributed by atoms with E-state index in [1.807, 2.05) is 0 Å². The van der Waals surface area contributed by atoms with Crippen LogP contribution in [0.15, 0.2) is 0 Å². The van der Waals surface area contributed by atoms with Crippen LogP contribution < -0.4 is 0 Å². The molecule has 0 aromatic carbocycles. The molecule has 8 bridgehead atoms. The zero-order valence-corrected chi connectivity index (χ0v) is 7.76. The van der Waals surface area contributed by atoms with Crippen LogP contribution in [0, 0.1) is 47.3 Å². The molecule has 70 valence electrons. The fraction of sp³-hybridized carbons (Fsp3) is 1.00. The second-order valence-electron chi connectivity index (χ2n) is 6.26. The average Bonchev–Trinajstić information content (AvgIpc) is 2.78. The highest BCUT2D eigenvalue weighted by Gasteiger charge is 2.78. The fourth-order valence-corrected chi connectivity index (χ4v) is 6.88. The third-order valence-corrected chi connectivity index (χ3v) is 6.54. The van der Waals surface area contributed by atoms with E-state index in [0.29, 0.717) is 0 Å². The van der Waals surface area contributed by atoms with Crippen molar-refractivity contribution >= 4 is 0 Å². The van der Waals surface area contributed by atoms with Crippen molar-refractivity contribution in [3.05, 3.63) is 0 Å². The normalized spacial score (nSPS) is 80.5. The molecule has 9 atom stereocenters. The maximum Gasteiger partial charge on any atom is 0.0577 e. The highest BCUT2D eigenvalue weighted by Crippen LogP contribution is 2.82. The Morgan fingerprint density at radius 2 is 1.31 bits per heavy atom. The molecule has 0 heterocycles. The van der Waals surface area contributed by atoms with E-state index in [1.165, 1.54) is 12.8 Å². The Bertz CT molecular complexity index is 287. The summed E-state index contributed by atoms with van der Waals surface area (Å²) in [5.74, 6) is 8.18. The van der Waals surface area contributed by atoms with Crippen LogP contribution in [0.5, 0.6) is 0 Å². The fourth-order valence-electron chi connectivity index (χ4n) is 6.88. The van der Waals surface area contributed by atoms with Crippen LogP contribution >= 0.6 is 0 Å².